The van der Waals surface area contributed by atoms with Crippen molar-refractivity contribution in [2.75, 3.05) is 0 Å². The first-order valence-corrected chi connectivity index (χ1v) is 7.14. The van der Waals surface area contributed by atoms with Gasteiger partial charge in [-0.3, -0.25) is 4.79 Å². The Morgan fingerprint density at radius 3 is 2.76 bits per heavy atom. The second-order valence-electron chi connectivity index (χ2n) is 7.69. The average molecular weight is 234 g/mol. The Labute approximate surface area is 103 Å². The first-order chi connectivity index (χ1) is 7.94. The molecule has 94 valence electrons. The molecular formula is C15H22O2. The van der Waals surface area contributed by atoms with Crippen LogP contribution in [0.2, 0.25) is 0 Å². The highest BCUT2D eigenvalue weighted by Gasteiger charge is 2.70. The van der Waals surface area contributed by atoms with Crippen molar-refractivity contribution in [1.82, 2.24) is 0 Å². The van der Waals surface area contributed by atoms with Gasteiger partial charge in [-0.05, 0) is 48.3 Å². The molecule has 3 saturated carbocycles. The summed E-state index contributed by atoms with van der Waals surface area (Å²) < 4.78 is 5.59. The van der Waals surface area contributed by atoms with Gasteiger partial charge in [0.1, 0.15) is 6.10 Å². The van der Waals surface area contributed by atoms with Crippen molar-refractivity contribution in [2.24, 2.45) is 34.5 Å². The summed E-state index contributed by atoms with van der Waals surface area (Å²) in [5, 5.41) is 0. The maximum absolute atomic E-state index is 11.7. The summed E-state index contributed by atoms with van der Waals surface area (Å²) in [6, 6.07) is 0. The van der Waals surface area contributed by atoms with E-state index in [-0.39, 0.29) is 18.0 Å². The molecule has 4 rings (SSSR count). The van der Waals surface area contributed by atoms with Crippen LogP contribution < -0.4 is 0 Å². The fourth-order valence-electron chi connectivity index (χ4n) is 5.61. The van der Waals surface area contributed by atoms with Crippen molar-refractivity contribution >= 4 is 5.97 Å². The van der Waals surface area contributed by atoms with Crippen LogP contribution in [0, 0.1) is 34.5 Å². The quantitative estimate of drug-likeness (QED) is 0.602. The molecule has 4 fully saturated rings. The summed E-state index contributed by atoms with van der Waals surface area (Å²) in [5.74, 6) is 2.53. The molecule has 0 spiro atoms. The van der Waals surface area contributed by atoms with E-state index >= 15 is 0 Å². The molecular weight excluding hydrogens is 212 g/mol. The molecule has 0 bridgehead atoms. The molecule has 2 heteroatoms. The zero-order valence-corrected chi connectivity index (χ0v) is 11.0. The Hall–Kier alpha value is -0.530. The molecule has 1 aliphatic heterocycles. The fraction of sp³-hybridized carbons (Fsp3) is 0.933. The lowest BCUT2D eigenvalue weighted by molar-refractivity contribution is -0.145. The Morgan fingerprint density at radius 2 is 2.00 bits per heavy atom. The molecule has 0 aromatic heterocycles. The molecule has 0 aromatic carbocycles. The molecule has 4 aliphatic rings. The van der Waals surface area contributed by atoms with E-state index in [1.165, 1.54) is 19.3 Å². The van der Waals surface area contributed by atoms with Gasteiger partial charge in [-0.1, -0.05) is 20.8 Å². The van der Waals surface area contributed by atoms with Crippen LogP contribution in [-0.4, -0.2) is 12.1 Å². The molecule has 17 heavy (non-hydrogen) atoms. The summed E-state index contributed by atoms with van der Waals surface area (Å²) >= 11 is 0. The van der Waals surface area contributed by atoms with Crippen molar-refractivity contribution in [3.63, 3.8) is 0 Å². The van der Waals surface area contributed by atoms with Crippen molar-refractivity contribution in [2.45, 2.75) is 52.6 Å². The summed E-state index contributed by atoms with van der Waals surface area (Å²) in [6.45, 7) is 7.00. The van der Waals surface area contributed by atoms with Gasteiger partial charge < -0.3 is 4.74 Å². The van der Waals surface area contributed by atoms with Crippen LogP contribution in [0.4, 0.5) is 0 Å². The van der Waals surface area contributed by atoms with Crippen LogP contribution in [0.1, 0.15) is 46.5 Å². The predicted molar refractivity (Wildman–Crippen MR) is 64.2 cm³/mol. The number of carbonyl (C=O) groups is 1. The van der Waals surface area contributed by atoms with E-state index in [2.05, 4.69) is 20.8 Å². The van der Waals surface area contributed by atoms with Crippen molar-refractivity contribution in [1.29, 1.82) is 0 Å². The third kappa shape index (κ3) is 1.10. The predicted octanol–water partition coefficient (Wildman–Crippen LogP) is 3.01. The van der Waals surface area contributed by atoms with Gasteiger partial charge in [-0.2, -0.15) is 0 Å². The van der Waals surface area contributed by atoms with E-state index in [0.717, 1.165) is 18.3 Å². The minimum atomic E-state index is 0.0565. The van der Waals surface area contributed by atoms with E-state index in [4.69, 9.17) is 4.74 Å². The first-order valence-electron chi connectivity index (χ1n) is 7.14. The smallest absolute Gasteiger partial charge is 0.309 e. The van der Waals surface area contributed by atoms with E-state index in [1.807, 2.05) is 0 Å². The van der Waals surface area contributed by atoms with Gasteiger partial charge in [0.15, 0.2) is 0 Å². The lowest BCUT2D eigenvalue weighted by atomic mass is 9.59. The van der Waals surface area contributed by atoms with Crippen LogP contribution in [0.15, 0.2) is 0 Å². The summed E-state index contributed by atoms with van der Waals surface area (Å²) in [4.78, 5) is 11.7. The second-order valence-corrected chi connectivity index (χ2v) is 7.69. The number of esters is 1. The zero-order valence-electron chi connectivity index (χ0n) is 11.0. The molecule has 7 atom stereocenters. The minimum absolute atomic E-state index is 0.0565. The molecule has 0 unspecified atom stereocenters. The molecule has 2 nitrogen and oxygen atoms in total. The third-order valence-corrected chi connectivity index (χ3v) is 6.74. The Balaban J connectivity index is 1.67. The van der Waals surface area contributed by atoms with Crippen molar-refractivity contribution in [3.8, 4) is 0 Å². The van der Waals surface area contributed by atoms with Gasteiger partial charge in [0, 0.05) is 5.92 Å². The number of rotatable bonds is 0. The molecule has 1 saturated heterocycles. The molecule has 0 N–H and O–H groups in total. The molecule has 3 aliphatic carbocycles. The van der Waals surface area contributed by atoms with Crippen LogP contribution in [0.25, 0.3) is 0 Å². The van der Waals surface area contributed by atoms with Gasteiger partial charge >= 0.3 is 5.97 Å². The van der Waals surface area contributed by atoms with E-state index in [1.54, 1.807) is 0 Å². The normalized spacial score (nSPS) is 63.7. The second kappa shape index (κ2) is 2.73. The standard InChI is InChI=1S/C15H22O2/c1-8-10-4-12-14(2,5-9-6-15(9,12)3)7-11(10)17-13(8)16/h8-12H,4-7H2,1-3H3/t8-,9-,10+,11+,12-,14+,15+/m0/s1. The van der Waals surface area contributed by atoms with Crippen LogP contribution >= 0.6 is 0 Å². The number of hydrogen-bond donors (Lipinski definition) is 0. The van der Waals surface area contributed by atoms with Crippen molar-refractivity contribution in [3.05, 3.63) is 0 Å². The van der Waals surface area contributed by atoms with Crippen LogP contribution in [-0.2, 0) is 9.53 Å². The third-order valence-electron chi connectivity index (χ3n) is 6.74. The van der Waals surface area contributed by atoms with Gasteiger partial charge in [0.25, 0.3) is 0 Å². The highest BCUT2D eigenvalue weighted by Crippen LogP contribution is 2.76. The number of hydrogen-bond acceptors (Lipinski definition) is 2. The zero-order chi connectivity index (χ0) is 12.0. The van der Waals surface area contributed by atoms with Gasteiger partial charge in [-0.25, -0.2) is 0 Å². The summed E-state index contributed by atoms with van der Waals surface area (Å²) in [7, 11) is 0. The van der Waals surface area contributed by atoms with E-state index in [0.29, 0.717) is 16.7 Å². The van der Waals surface area contributed by atoms with Crippen LogP contribution in [0.3, 0.4) is 0 Å². The molecule has 0 amide bonds. The molecule has 1 heterocycles. The van der Waals surface area contributed by atoms with Gasteiger partial charge in [0.05, 0.1) is 5.92 Å². The Morgan fingerprint density at radius 1 is 1.24 bits per heavy atom. The monoisotopic (exact) mass is 234 g/mol. The summed E-state index contributed by atoms with van der Waals surface area (Å²) in [6.07, 6.45) is 5.42. The van der Waals surface area contributed by atoms with Gasteiger partial charge in [0.2, 0.25) is 0 Å². The Bertz CT molecular complexity index is 404. The fourth-order valence-corrected chi connectivity index (χ4v) is 5.61. The average Bonchev–Trinajstić information content (AvgIpc) is 2.71. The largest absolute Gasteiger partial charge is 0.462 e. The van der Waals surface area contributed by atoms with E-state index in [9.17, 15) is 4.79 Å². The topological polar surface area (TPSA) is 26.3 Å². The SMILES string of the molecule is C[C@@H]1C(=O)O[C@@H]2C[C@@]3(C)C[C@H]4C[C@@]4(C)[C@H]3C[C@H]12. The minimum Gasteiger partial charge on any atom is -0.462 e. The molecule has 0 radical (unpaired) electrons. The highest BCUT2D eigenvalue weighted by atomic mass is 16.6. The maximum Gasteiger partial charge on any atom is 0.309 e. The number of fused-ring (bicyclic) bond motifs is 4. The van der Waals surface area contributed by atoms with E-state index < -0.39 is 0 Å². The number of ether oxygens (including phenoxy) is 1. The van der Waals surface area contributed by atoms with Crippen LogP contribution in [0.5, 0.6) is 0 Å². The lowest BCUT2D eigenvalue weighted by Gasteiger charge is -2.45. The Kier molecular flexibility index (Phi) is 1.67. The maximum atomic E-state index is 11.7. The summed E-state index contributed by atoms with van der Waals surface area (Å²) in [5.41, 5.74) is 1.08. The molecule has 0 aromatic rings. The highest BCUT2D eigenvalue weighted by molar-refractivity contribution is 5.75. The lowest BCUT2D eigenvalue weighted by Crippen LogP contribution is -2.42. The first kappa shape index (κ1) is 10.4. The van der Waals surface area contributed by atoms with Gasteiger partial charge in [-0.15, -0.1) is 0 Å². The van der Waals surface area contributed by atoms with Crippen molar-refractivity contribution < 1.29 is 9.53 Å². The number of carbonyl (C=O) groups excluding carboxylic acids is 1.